The van der Waals surface area contributed by atoms with Gasteiger partial charge >= 0.3 is 0 Å². The fourth-order valence-corrected chi connectivity index (χ4v) is 3.23. The van der Waals surface area contributed by atoms with E-state index in [0.29, 0.717) is 11.7 Å². The molecular formula is C23H24N2O. The molecule has 1 amide bonds. The summed E-state index contributed by atoms with van der Waals surface area (Å²) >= 11 is 0. The van der Waals surface area contributed by atoms with E-state index in [-0.39, 0.29) is 11.8 Å². The van der Waals surface area contributed by atoms with Crippen LogP contribution in [0.15, 0.2) is 85.1 Å². The van der Waals surface area contributed by atoms with E-state index in [1.54, 1.807) is 6.20 Å². The van der Waals surface area contributed by atoms with Crippen LogP contribution in [0.1, 0.15) is 30.4 Å². The van der Waals surface area contributed by atoms with Crippen LogP contribution in [0.2, 0.25) is 0 Å². The van der Waals surface area contributed by atoms with Gasteiger partial charge in [0.1, 0.15) is 5.82 Å². The fraction of sp³-hybridized carbons (Fsp3) is 0.217. The normalized spacial score (nSPS) is 13.0. The third kappa shape index (κ3) is 5.03. The minimum atomic E-state index is -0.197. The Balaban J connectivity index is 1.74. The summed E-state index contributed by atoms with van der Waals surface area (Å²) in [5, 5.41) is 2.96. The summed E-state index contributed by atoms with van der Waals surface area (Å²) in [6.07, 6.45) is 3.43. The van der Waals surface area contributed by atoms with Crippen molar-refractivity contribution < 1.29 is 4.79 Å². The summed E-state index contributed by atoms with van der Waals surface area (Å²) in [5.41, 5.74) is 2.35. The minimum Gasteiger partial charge on any atom is -0.310 e. The van der Waals surface area contributed by atoms with E-state index in [0.717, 1.165) is 18.4 Å². The van der Waals surface area contributed by atoms with Crippen molar-refractivity contribution in [1.29, 1.82) is 0 Å². The van der Waals surface area contributed by atoms with Gasteiger partial charge in [-0.25, -0.2) is 4.98 Å². The van der Waals surface area contributed by atoms with Gasteiger partial charge in [-0.1, -0.05) is 73.7 Å². The molecule has 26 heavy (non-hydrogen) atoms. The fourth-order valence-electron chi connectivity index (χ4n) is 3.23. The first kappa shape index (κ1) is 17.9. The Bertz CT molecular complexity index is 803. The first-order valence-electron chi connectivity index (χ1n) is 9.03. The average Bonchev–Trinajstić information content (AvgIpc) is 2.68. The highest BCUT2D eigenvalue weighted by molar-refractivity contribution is 5.95. The second-order valence-corrected chi connectivity index (χ2v) is 6.70. The van der Waals surface area contributed by atoms with Crippen LogP contribution in [-0.2, 0) is 11.2 Å². The minimum absolute atomic E-state index is 0.00480. The molecule has 0 radical (unpaired) electrons. The van der Waals surface area contributed by atoms with Crippen LogP contribution < -0.4 is 5.32 Å². The van der Waals surface area contributed by atoms with E-state index < -0.39 is 0 Å². The summed E-state index contributed by atoms with van der Waals surface area (Å²) in [6, 6.07) is 26.0. The van der Waals surface area contributed by atoms with Crippen molar-refractivity contribution in [2.45, 2.75) is 25.7 Å². The van der Waals surface area contributed by atoms with Gasteiger partial charge < -0.3 is 5.32 Å². The Morgan fingerprint density at radius 2 is 1.58 bits per heavy atom. The number of amides is 1. The summed E-state index contributed by atoms with van der Waals surface area (Å²) in [6.45, 7) is 2.21. The number of hydrogen-bond acceptors (Lipinski definition) is 2. The molecule has 0 aliphatic heterocycles. The second-order valence-electron chi connectivity index (χ2n) is 6.70. The molecule has 0 aliphatic carbocycles. The first-order chi connectivity index (χ1) is 12.7. The van der Waals surface area contributed by atoms with Gasteiger partial charge in [0, 0.05) is 6.20 Å². The number of rotatable bonds is 7. The van der Waals surface area contributed by atoms with Crippen LogP contribution in [0.3, 0.4) is 0 Å². The quantitative estimate of drug-likeness (QED) is 0.650. The highest BCUT2D eigenvalue weighted by Gasteiger charge is 2.23. The molecule has 1 aromatic heterocycles. The SMILES string of the molecule is CC(Cc1ccccc1)C[C@H](C(=O)Nc1ccccn1)c1ccccc1. The Labute approximate surface area is 155 Å². The highest BCUT2D eigenvalue weighted by Crippen LogP contribution is 2.27. The molecule has 1 heterocycles. The third-order valence-electron chi connectivity index (χ3n) is 4.50. The van der Waals surface area contributed by atoms with Crippen molar-refractivity contribution in [2.24, 2.45) is 5.92 Å². The number of hydrogen-bond donors (Lipinski definition) is 1. The van der Waals surface area contributed by atoms with Crippen molar-refractivity contribution >= 4 is 11.7 Å². The molecule has 0 aliphatic rings. The lowest BCUT2D eigenvalue weighted by molar-refractivity contribution is -0.118. The molecule has 3 heteroatoms. The zero-order chi connectivity index (χ0) is 18.2. The standard InChI is InChI=1S/C23H24N2O/c1-18(16-19-10-4-2-5-11-19)17-21(20-12-6-3-7-13-20)23(26)25-22-14-8-9-15-24-22/h2-15,18,21H,16-17H2,1H3,(H,24,25,26)/t18?,21-/m0/s1. The maximum absolute atomic E-state index is 12.9. The topological polar surface area (TPSA) is 42.0 Å². The number of carbonyl (C=O) groups excluding carboxylic acids is 1. The van der Waals surface area contributed by atoms with Crippen molar-refractivity contribution in [3.8, 4) is 0 Å². The van der Waals surface area contributed by atoms with Crippen molar-refractivity contribution in [3.05, 3.63) is 96.2 Å². The monoisotopic (exact) mass is 344 g/mol. The number of nitrogens with zero attached hydrogens (tertiary/aromatic N) is 1. The van der Waals surface area contributed by atoms with Gasteiger partial charge in [0.2, 0.25) is 5.91 Å². The van der Waals surface area contributed by atoms with E-state index in [1.165, 1.54) is 5.56 Å². The van der Waals surface area contributed by atoms with Crippen LogP contribution in [-0.4, -0.2) is 10.9 Å². The molecule has 132 valence electrons. The molecule has 0 fully saturated rings. The number of nitrogens with one attached hydrogen (secondary N) is 1. The average molecular weight is 344 g/mol. The molecule has 1 N–H and O–H groups in total. The predicted molar refractivity (Wildman–Crippen MR) is 106 cm³/mol. The Kier molecular flexibility index (Phi) is 6.15. The van der Waals surface area contributed by atoms with E-state index in [9.17, 15) is 4.79 Å². The van der Waals surface area contributed by atoms with E-state index >= 15 is 0 Å². The van der Waals surface area contributed by atoms with Crippen LogP contribution in [0.25, 0.3) is 0 Å². The van der Waals surface area contributed by atoms with Crippen LogP contribution >= 0.6 is 0 Å². The number of benzene rings is 2. The van der Waals surface area contributed by atoms with Crippen molar-refractivity contribution in [1.82, 2.24) is 4.98 Å². The Morgan fingerprint density at radius 3 is 2.23 bits per heavy atom. The molecule has 3 rings (SSSR count). The largest absolute Gasteiger partial charge is 0.310 e. The molecule has 3 nitrogen and oxygen atoms in total. The zero-order valence-electron chi connectivity index (χ0n) is 15.0. The molecule has 0 bridgehead atoms. The van der Waals surface area contributed by atoms with Gasteiger partial charge in [0.05, 0.1) is 5.92 Å². The molecule has 2 aromatic carbocycles. The molecular weight excluding hydrogens is 320 g/mol. The highest BCUT2D eigenvalue weighted by atomic mass is 16.1. The van der Waals surface area contributed by atoms with Crippen LogP contribution in [0.4, 0.5) is 5.82 Å². The molecule has 0 saturated heterocycles. The summed E-state index contributed by atoms with van der Waals surface area (Å²) in [5.74, 6) is 0.776. The van der Waals surface area contributed by atoms with Crippen molar-refractivity contribution in [2.75, 3.05) is 5.32 Å². The van der Waals surface area contributed by atoms with E-state index in [1.807, 2.05) is 54.6 Å². The van der Waals surface area contributed by atoms with Gasteiger partial charge in [-0.2, -0.15) is 0 Å². The van der Waals surface area contributed by atoms with E-state index in [4.69, 9.17) is 0 Å². The van der Waals surface area contributed by atoms with Crippen LogP contribution in [0, 0.1) is 5.92 Å². The molecule has 1 unspecified atom stereocenters. The lowest BCUT2D eigenvalue weighted by Crippen LogP contribution is -2.24. The summed E-state index contributed by atoms with van der Waals surface area (Å²) in [4.78, 5) is 17.2. The van der Waals surface area contributed by atoms with Gasteiger partial charge in [0.25, 0.3) is 0 Å². The molecule has 3 aromatic rings. The first-order valence-corrected chi connectivity index (χ1v) is 9.03. The molecule has 0 saturated carbocycles. The van der Waals surface area contributed by atoms with Gasteiger partial charge in [-0.3, -0.25) is 4.79 Å². The lowest BCUT2D eigenvalue weighted by Gasteiger charge is -2.21. The maximum Gasteiger partial charge on any atom is 0.233 e. The van der Waals surface area contributed by atoms with Crippen molar-refractivity contribution in [3.63, 3.8) is 0 Å². The summed E-state index contributed by atoms with van der Waals surface area (Å²) in [7, 11) is 0. The number of anilines is 1. The number of aromatic nitrogens is 1. The van der Waals surface area contributed by atoms with Gasteiger partial charge in [-0.15, -0.1) is 0 Å². The van der Waals surface area contributed by atoms with Crippen LogP contribution in [0.5, 0.6) is 0 Å². The predicted octanol–water partition coefficient (Wildman–Crippen LogP) is 5.07. The lowest BCUT2D eigenvalue weighted by atomic mass is 9.86. The number of pyridine rings is 1. The summed E-state index contributed by atoms with van der Waals surface area (Å²) < 4.78 is 0. The maximum atomic E-state index is 12.9. The van der Waals surface area contributed by atoms with Gasteiger partial charge in [0.15, 0.2) is 0 Å². The zero-order valence-corrected chi connectivity index (χ0v) is 15.0. The molecule has 2 atom stereocenters. The van der Waals surface area contributed by atoms with Gasteiger partial charge in [-0.05, 0) is 42.0 Å². The second kappa shape index (κ2) is 8.95. The van der Waals surface area contributed by atoms with E-state index in [2.05, 4.69) is 41.5 Å². The smallest absolute Gasteiger partial charge is 0.233 e. The number of carbonyl (C=O) groups is 1. The molecule has 0 spiro atoms. The Morgan fingerprint density at radius 1 is 0.923 bits per heavy atom. The third-order valence-corrected chi connectivity index (χ3v) is 4.50. The Hall–Kier alpha value is -2.94.